The topological polar surface area (TPSA) is 87.4 Å². The van der Waals surface area contributed by atoms with E-state index in [1.54, 1.807) is 12.3 Å². The van der Waals surface area contributed by atoms with Crippen LogP contribution in [0.2, 0.25) is 10.0 Å². The number of hydrogen-bond acceptors (Lipinski definition) is 5. The zero-order valence-electron chi connectivity index (χ0n) is 9.40. The summed E-state index contributed by atoms with van der Waals surface area (Å²) in [4.78, 5) is 7.97. The fraction of sp³-hybridized carbons (Fsp3) is 0. The molecular formula is C10H7Cl2N7. The first-order valence-electron chi connectivity index (χ1n) is 5.16. The van der Waals surface area contributed by atoms with Gasteiger partial charge in [0.1, 0.15) is 18.3 Å². The third-order valence-corrected chi connectivity index (χ3v) is 2.93. The molecule has 96 valence electrons. The Bertz CT molecular complexity index is 720. The van der Waals surface area contributed by atoms with Crippen molar-refractivity contribution in [2.24, 2.45) is 0 Å². The van der Waals surface area contributed by atoms with Crippen LogP contribution in [0, 0.1) is 0 Å². The fourth-order valence-electron chi connectivity index (χ4n) is 1.59. The van der Waals surface area contributed by atoms with Crippen LogP contribution in [-0.2, 0) is 0 Å². The predicted molar refractivity (Wildman–Crippen MR) is 70.7 cm³/mol. The monoisotopic (exact) mass is 295 g/mol. The summed E-state index contributed by atoms with van der Waals surface area (Å²) in [5.74, 6) is 0.747. The molecule has 0 aliphatic carbocycles. The van der Waals surface area contributed by atoms with E-state index in [4.69, 9.17) is 28.9 Å². The van der Waals surface area contributed by atoms with E-state index in [9.17, 15) is 0 Å². The smallest absolute Gasteiger partial charge is 0.174 e. The lowest BCUT2D eigenvalue weighted by Gasteiger charge is -2.06. The highest BCUT2D eigenvalue weighted by Gasteiger charge is 2.14. The third kappa shape index (κ3) is 2.02. The Morgan fingerprint density at radius 1 is 1.16 bits per heavy atom. The third-order valence-electron chi connectivity index (χ3n) is 2.44. The highest BCUT2D eigenvalue weighted by molar-refractivity contribution is 6.35. The van der Waals surface area contributed by atoms with Crippen molar-refractivity contribution in [3.8, 4) is 11.5 Å². The van der Waals surface area contributed by atoms with Crippen LogP contribution in [0.5, 0.6) is 0 Å². The second-order valence-corrected chi connectivity index (χ2v) is 4.47. The molecule has 0 saturated heterocycles. The second kappa shape index (κ2) is 4.52. The number of nitrogens with zero attached hydrogens (tertiary/aromatic N) is 6. The van der Waals surface area contributed by atoms with Crippen LogP contribution in [0.15, 0.2) is 31.1 Å². The average molecular weight is 296 g/mol. The van der Waals surface area contributed by atoms with Gasteiger partial charge in [-0.15, -0.1) is 0 Å². The molecule has 0 fully saturated rings. The number of anilines is 1. The summed E-state index contributed by atoms with van der Waals surface area (Å²) < 4.78 is 2.92. The molecule has 3 aromatic rings. The van der Waals surface area contributed by atoms with Gasteiger partial charge in [0.25, 0.3) is 0 Å². The molecule has 3 aromatic heterocycles. The Morgan fingerprint density at radius 3 is 2.68 bits per heavy atom. The molecule has 0 radical (unpaired) electrons. The molecule has 2 N–H and O–H groups in total. The van der Waals surface area contributed by atoms with E-state index >= 15 is 0 Å². The second-order valence-electron chi connectivity index (χ2n) is 3.63. The molecule has 0 saturated carbocycles. The molecule has 3 rings (SSSR count). The van der Waals surface area contributed by atoms with Gasteiger partial charge in [-0.2, -0.15) is 14.9 Å². The lowest BCUT2D eigenvalue weighted by atomic mass is 10.4. The number of halogens is 2. The van der Waals surface area contributed by atoms with E-state index in [0.29, 0.717) is 27.4 Å². The Balaban J connectivity index is 2.12. The average Bonchev–Trinajstić information content (AvgIpc) is 2.99. The van der Waals surface area contributed by atoms with Crippen LogP contribution >= 0.6 is 23.2 Å². The van der Waals surface area contributed by atoms with Gasteiger partial charge in [-0.1, -0.05) is 23.2 Å². The Labute approximate surface area is 117 Å². The highest BCUT2D eigenvalue weighted by atomic mass is 35.5. The van der Waals surface area contributed by atoms with Gasteiger partial charge in [0, 0.05) is 6.20 Å². The minimum Gasteiger partial charge on any atom is -0.382 e. The first kappa shape index (κ1) is 11.9. The van der Waals surface area contributed by atoms with Crippen molar-refractivity contribution in [1.29, 1.82) is 0 Å². The van der Waals surface area contributed by atoms with Crippen molar-refractivity contribution >= 4 is 29.0 Å². The van der Waals surface area contributed by atoms with Crippen molar-refractivity contribution in [3.63, 3.8) is 0 Å². The molecule has 0 spiro atoms. The number of pyridine rings is 1. The highest BCUT2D eigenvalue weighted by Crippen LogP contribution is 2.25. The first-order valence-corrected chi connectivity index (χ1v) is 5.92. The van der Waals surface area contributed by atoms with Crippen LogP contribution in [0.1, 0.15) is 0 Å². The number of rotatable bonds is 2. The maximum absolute atomic E-state index is 6.07. The summed E-state index contributed by atoms with van der Waals surface area (Å²) in [6.45, 7) is 0. The molecule has 0 aromatic carbocycles. The molecule has 0 amide bonds. The van der Waals surface area contributed by atoms with E-state index in [1.165, 1.54) is 28.2 Å². The van der Waals surface area contributed by atoms with E-state index in [1.807, 2.05) is 0 Å². The van der Waals surface area contributed by atoms with Crippen molar-refractivity contribution in [2.45, 2.75) is 0 Å². The summed E-state index contributed by atoms with van der Waals surface area (Å²) in [5.41, 5.74) is 6.60. The van der Waals surface area contributed by atoms with Crippen molar-refractivity contribution in [1.82, 2.24) is 29.5 Å². The number of hydrogen-bond donors (Lipinski definition) is 1. The van der Waals surface area contributed by atoms with Crippen LogP contribution in [0.25, 0.3) is 11.5 Å². The predicted octanol–water partition coefficient (Wildman–Crippen LogP) is 1.74. The van der Waals surface area contributed by atoms with Gasteiger partial charge in [0.2, 0.25) is 0 Å². The molecule has 19 heavy (non-hydrogen) atoms. The summed E-state index contributed by atoms with van der Waals surface area (Å²) in [6.07, 6.45) is 5.95. The maximum atomic E-state index is 6.07. The summed E-state index contributed by atoms with van der Waals surface area (Å²) in [5, 5.41) is 8.93. The minimum absolute atomic E-state index is 0.349. The Morgan fingerprint density at radius 2 is 2.00 bits per heavy atom. The standard InChI is InChI=1S/C10H7Cl2N7/c11-6-1-7(12)10(15-2-6)19-9(13)8(3-16-19)18-5-14-4-17-18/h1-5H,13H2. The van der Waals surface area contributed by atoms with Gasteiger partial charge < -0.3 is 5.73 Å². The maximum Gasteiger partial charge on any atom is 0.174 e. The first-order chi connectivity index (χ1) is 9.16. The van der Waals surface area contributed by atoms with Crippen LogP contribution in [0.3, 0.4) is 0 Å². The molecule has 0 aliphatic heterocycles. The number of nitrogen functional groups attached to an aromatic ring is 1. The number of nitrogens with two attached hydrogens (primary N) is 1. The van der Waals surface area contributed by atoms with Gasteiger partial charge in [0.15, 0.2) is 11.6 Å². The van der Waals surface area contributed by atoms with Crippen molar-refractivity contribution in [2.75, 3.05) is 5.73 Å². The molecule has 3 heterocycles. The van der Waals surface area contributed by atoms with E-state index in [-0.39, 0.29) is 0 Å². The number of aromatic nitrogens is 6. The Hall–Kier alpha value is -2.12. The quantitative estimate of drug-likeness (QED) is 0.778. The van der Waals surface area contributed by atoms with Gasteiger partial charge in [0.05, 0.1) is 16.2 Å². The van der Waals surface area contributed by atoms with Crippen molar-refractivity contribution < 1.29 is 0 Å². The lowest BCUT2D eigenvalue weighted by molar-refractivity contribution is 0.855. The molecule has 0 atom stereocenters. The van der Waals surface area contributed by atoms with Crippen LogP contribution in [0.4, 0.5) is 5.82 Å². The zero-order chi connectivity index (χ0) is 13.4. The molecular weight excluding hydrogens is 289 g/mol. The molecule has 0 aliphatic rings. The largest absolute Gasteiger partial charge is 0.382 e. The van der Waals surface area contributed by atoms with E-state index in [2.05, 4.69) is 20.2 Å². The van der Waals surface area contributed by atoms with Gasteiger partial charge in [-0.3, -0.25) is 0 Å². The normalized spacial score (nSPS) is 10.8. The Kier molecular flexibility index (Phi) is 2.84. The summed E-state index contributed by atoms with van der Waals surface area (Å²) in [7, 11) is 0. The fourth-order valence-corrected chi connectivity index (χ4v) is 2.05. The van der Waals surface area contributed by atoms with Gasteiger partial charge in [-0.25, -0.2) is 14.6 Å². The molecule has 0 unspecified atom stereocenters. The van der Waals surface area contributed by atoms with E-state index in [0.717, 1.165) is 0 Å². The van der Waals surface area contributed by atoms with Gasteiger partial charge in [-0.05, 0) is 6.07 Å². The van der Waals surface area contributed by atoms with Gasteiger partial charge >= 0.3 is 0 Å². The summed E-state index contributed by atoms with van der Waals surface area (Å²) >= 11 is 11.9. The minimum atomic E-state index is 0.349. The van der Waals surface area contributed by atoms with E-state index < -0.39 is 0 Å². The SMILES string of the molecule is Nc1c(-n2cncn2)cnn1-c1ncc(Cl)cc1Cl. The van der Waals surface area contributed by atoms with Crippen LogP contribution < -0.4 is 5.73 Å². The van der Waals surface area contributed by atoms with Crippen LogP contribution in [-0.4, -0.2) is 29.5 Å². The van der Waals surface area contributed by atoms with Crippen molar-refractivity contribution in [3.05, 3.63) is 41.2 Å². The molecule has 7 nitrogen and oxygen atoms in total. The molecule has 0 bridgehead atoms. The summed E-state index contributed by atoms with van der Waals surface area (Å²) in [6, 6.07) is 1.57. The molecule has 9 heteroatoms. The lowest BCUT2D eigenvalue weighted by Crippen LogP contribution is -2.06. The zero-order valence-corrected chi connectivity index (χ0v) is 10.9.